The van der Waals surface area contributed by atoms with Gasteiger partial charge in [-0.15, -0.1) is 11.8 Å². The van der Waals surface area contributed by atoms with E-state index in [1.807, 2.05) is 79.7 Å². The average Bonchev–Trinajstić information content (AvgIpc) is 2.71. The summed E-state index contributed by atoms with van der Waals surface area (Å²) in [7, 11) is 0. The lowest BCUT2D eigenvalue weighted by Gasteiger charge is -2.14. The highest BCUT2D eigenvalue weighted by atomic mass is 32.2. The maximum absolute atomic E-state index is 12.4. The van der Waals surface area contributed by atoms with Crippen LogP contribution in [0.1, 0.15) is 11.1 Å². The predicted octanol–water partition coefficient (Wildman–Crippen LogP) is 5.84. The Morgan fingerprint density at radius 2 is 1.55 bits per heavy atom. The third-order valence-electron chi connectivity index (χ3n) is 4.32. The lowest BCUT2D eigenvalue weighted by atomic mass is 10.1. The van der Waals surface area contributed by atoms with Gasteiger partial charge in [0.1, 0.15) is 0 Å². The maximum atomic E-state index is 12.4. The molecule has 3 N–H and O–H groups in total. The number of thioether (sulfide) groups is 1. The van der Waals surface area contributed by atoms with E-state index in [9.17, 15) is 4.79 Å². The van der Waals surface area contributed by atoms with Gasteiger partial charge in [-0.3, -0.25) is 4.79 Å². The first-order valence-corrected chi connectivity index (χ1v) is 10.6. The smallest absolute Gasteiger partial charge is 0.234 e. The third kappa shape index (κ3) is 6.34. The summed E-state index contributed by atoms with van der Waals surface area (Å²) in [6.45, 7) is 4.09. The highest BCUT2D eigenvalue weighted by Crippen LogP contribution is 2.27. The van der Waals surface area contributed by atoms with Gasteiger partial charge in [-0.05, 0) is 73.6 Å². The molecule has 4 nitrogen and oxygen atoms in total. The molecule has 3 aromatic carbocycles. The third-order valence-corrected chi connectivity index (χ3v) is 5.59. The SMILES string of the molecule is Cc1ccc(NC(=O)CSc2ccccc2NC(=S)Nc2ccccc2)cc1C. The fourth-order valence-corrected chi connectivity index (χ4v) is 3.70. The van der Waals surface area contributed by atoms with E-state index in [2.05, 4.69) is 22.9 Å². The van der Waals surface area contributed by atoms with Crippen molar-refractivity contribution in [1.29, 1.82) is 0 Å². The van der Waals surface area contributed by atoms with E-state index in [0.717, 1.165) is 27.5 Å². The van der Waals surface area contributed by atoms with Gasteiger partial charge < -0.3 is 16.0 Å². The van der Waals surface area contributed by atoms with Gasteiger partial charge in [0.05, 0.1) is 11.4 Å². The molecule has 3 rings (SSSR count). The molecule has 0 heterocycles. The standard InChI is InChI=1S/C23H23N3OS2/c1-16-12-13-19(14-17(16)2)24-22(27)15-29-21-11-7-6-10-20(21)26-23(28)25-18-8-4-3-5-9-18/h3-14H,15H2,1-2H3,(H,24,27)(H2,25,26,28). The Hall–Kier alpha value is -2.83. The summed E-state index contributed by atoms with van der Waals surface area (Å²) < 4.78 is 0. The molecule has 0 saturated heterocycles. The highest BCUT2D eigenvalue weighted by molar-refractivity contribution is 8.00. The molecule has 0 aliphatic heterocycles. The number of carbonyl (C=O) groups excluding carboxylic acids is 1. The van der Waals surface area contributed by atoms with Crippen LogP contribution < -0.4 is 16.0 Å². The fourth-order valence-electron chi connectivity index (χ4n) is 2.66. The maximum Gasteiger partial charge on any atom is 0.234 e. The van der Waals surface area contributed by atoms with E-state index in [4.69, 9.17) is 12.2 Å². The molecule has 0 aliphatic carbocycles. The van der Waals surface area contributed by atoms with Crippen LogP contribution in [0.2, 0.25) is 0 Å². The Morgan fingerprint density at radius 1 is 0.828 bits per heavy atom. The Kier molecular flexibility index (Phi) is 7.27. The number of para-hydroxylation sites is 2. The number of hydrogen-bond acceptors (Lipinski definition) is 3. The predicted molar refractivity (Wildman–Crippen MR) is 128 cm³/mol. The summed E-state index contributed by atoms with van der Waals surface area (Å²) in [4.78, 5) is 13.3. The minimum atomic E-state index is -0.0435. The van der Waals surface area contributed by atoms with Crippen molar-refractivity contribution in [2.45, 2.75) is 18.7 Å². The number of nitrogens with one attached hydrogen (secondary N) is 3. The molecule has 0 bridgehead atoms. The topological polar surface area (TPSA) is 53.2 Å². The number of rotatable bonds is 6. The van der Waals surface area contributed by atoms with Crippen molar-refractivity contribution in [2.75, 3.05) is 21.7 Å². The van der Waals surface area contributed by atoms with E-state index in [1.54, 1.807) is 0 Å². The van der Waals surface area contributed by atoms with Crippen LogP contribution in [0.15, 0.2) is 77.7 Å². The summed E-state index contributed by atoms with van der Waals surface area (Å²) in [6.07, 6.45) is 0. The van der Waals surface area contributed by atoms with Gasteiger partial charge in [-0.1, -0.05) is 36.4 Å². The summed E-state index contributed by atoms with van der Waals surface area (Å²) >= 11 is 6.88. The van der Waals surface area contributed by atoms with Crippen molar-refractivity contribution in [1.82, 2.24) is 0 Å². The van der Waals surface area contributed by atoms with Gasteiger partial charge in [0.25, 0.3) is 0 Å². The molecule has 0 unspecified atom stereocenters. The van der Waals surface area contributed by atoms with Crippen molar-refractivity contribution in [3.63, 3.8) is 0 Å². The Balaban J connectivity index is 1.57. The molecule has 0 spiro atoms. The normalized spacial score (nSPS) is 10.3. The Bertz CT molecular complexity index is 1010. The number of hydrogen-bond donors (Lipinski definition) is 3. The zero-order chi connectivity index (χ0) is 20.6. The lowest BCUT2D eigenvalue weighted by Crippen LogP contribution is -2.19. The molecular formula is C23H23N3OS2. The van der Waals surface area contributed by atoms with Crippen LogP contribution in [0.5, 0.6) is 0 Å². The van der Waals surface area contributed by atoms with E-state index in [0.29, 0.717) is 10.9 Å². The zero-order valence-corrected chi connectivity index (χ0v) is 18.0. The second kappa shape index (κ2) is 10.1. The van der Waals surface area contributed by atoms with Crippen molar-refractivity contribution in [3.8, 4) is 0 Å². The number of anilines is 3. The van der Waals surface area contributed by atoms with Gasteiger partial charge >= 0.3 is 0 Å². The van der Waals surface area contributed by atoms with Crippen LogP contribution in [-0.2, 0) is 4.79 Å². The largest absolute Gasteiger partial charge is 0.332 e. The molecule has 0 aliphatic rings. The zero-order valence-electron chi connectivity index (χ0n) is 16.4. The molecule has 148 valence electrons. The second-order valence-electron chi connectivity index (χ2n) is 6.58. The molecule has 0 atom stereocenters. The highest BCUT2D eigenvalue weighted by Gasteiger charge is 2.09. The minimum absolute atomic E-state index is 0.0435. The number of carbonyl (C=O) groups is 1. The molecular weight excluding hydrogens is 398 g/mol. The molecule has 0 fully saturated rings. The first-order valence-electron chi connectivity index (χ1n) is 9.23. The van der Waals surface area contributed by atoms with Gasteiger partial charge in [0.15, 0.2) is 5.11 Å². The molecule has 3 aromatic rings. The summed E-state index contributed by atoms with van der Waals surface area (Å²) in [5.74, 6) is 0.267. The van der Waals surface area contributed by atoms with Crippen molar-refractivity contribution in [3.05, 3.63) is 83.9 Å². The van der Waals surface area contributed by atoms with Crippen LogP contribution in [0.25, 0.3) is 0 Å². The van der Waals surface area contributed by atoms with E-state index in [-0.39, 0.29) is 5.91 Å². The van der Waals surface area contributed by atoms with Crippen molar-refractivity contribution < 1.29 is 4.79 Å². The molecule has 0 aromatic heterocycles. The Labute approximate surface area is 181 Å². The summed E-state index contributed by atoms with van der Waals surface area (Å²) in [5, 5.41) is 9.83. The number of thiocarbonyl (C=S) groups is 1. The number of aryl methyl sites for hydroxylation is 2. The van der Waals surface area contributed by atoms with Gasteiger partial charge in [-0.2, -0.15) is 0 Å². The van der Waals surface area contributed by atoms with Crippen LogP contribution in [0, 0.1) is 13.8 Å². The van der Waals surface area contributed by atoms with E-state index in [1.165, 1.54) is 17.3 Å². The van der Waals surface area contributed by atoms with E-state index < -0.39 is 0 Å². The monoisotopic (exact) mass is 421 g/mol. The number of benzene rings is 3. The van der Waals surface area contributed by atoms with Crippen LogP contribution >= 0.6 is 24.0 Å². The second-order valence-corrected chi connectivity index (χ2v) is 8.00. The van der Waals surface area contributed by atoms with Crippen LogP contribution in [0.4, 0.5) is 17.1 Å². The minimum Gasteiger partial charge on any atom is -0.332 e. The first kappa shape index (κ1) is 20.9. The molecule has 0 radical (unpaired) electrons. The summed E-state index contributed by atoms with van der Waals surface area (Å²) in [5.41, 5.74) is 4.97. The van der Waals surface area contributed by atoms with Crippen molar-refractivity contribution in [2.24, 2.45) is 0 Å². The van der Waals surface area contributed by atoms with Gasteiger partial charge in [-0.25, -0.2) is 0 Å². The lowest BCUT2D eigenvalue weighted by molar-refractivity contribution is -0.113. The summed E-state index contributed by atoms with van der Waals surface area (Å²) in [6, 6.07) is 23.5. The fraction of sp³-hybridized carbons (Fsp3) is 0.130. The van der Waals surface area contributed by atoms with Crippen LogP contribution in [0.3, 0.4) is 0 Å². The van der Waals surface area contributed by atoms with Gasteiger partial charge in [0, 0.05) is 16.3 Å². The molecule has 1 amide bonds. The van der Waals surface area contributed by atoms with Crippen molar-refractivity contribution >= 4 is 52.1 Å². The molecule has 29 heavy (non-hydrogen) atoms. The average molecular weight is 422 g/mol. The van der Waals surface area contributed by atoms with Crippen LogP contribution in [-0.4, -0.2) is 16.8 Å². The number of amides is 1. The van der Waals surface area contributed by atoms with E-state index >= 15 is 0 Å². The quantitative estimate of drug-likeness (QED) is 0.345. The first-order chi connectivity index (χ1) is 14.0. The molecule has 0 saturated carbocycles. The van der Waals surface area contributed by atoms with Gasteiger partial charge in [0.2, 0.25) is 5.91 Å². The molecule has 6 heteroatoms. The Morgan fingerprint density at radius 3 is 2.31 bits per heavy atom.